The Balaban J connectivity index is 2.36. The van der Waals surface area contributed by atoms with Gasteiger partial charge in [-0.05, 0) is 18.8 Å². The van der Waals surface area contributed by atoms with E-state index in [1.54, 1.807) is 13.0 Å². The maximum atomic E-state index is 12.2. The number of esters is 2. The van der Waals surface area contributed by atoms with E-state index < -0.39 is 23.4 Å². The third-order valence-electron chi connectivity index (χ3n) is 3.62. The molecule has 0 spiro atoms. The predicted octanol–water partition coefficient (Wildman–Crippen LogP) is 2.06. The Bertz CT molecular complexity index is 496. The van der Waals surface area contributed by atoms with E-state index in [0.717, 1.165) is 0 Å². The van der Waals surface area contributed by atoms with Crippen LogP contribution >= 0.6 is 0 Å². The fraction of sp³-hybridized carbons (Fsp3) is 0.706. The van der Waals surface area contributed by atoms with Crippen LogP contribution in [0.3, 0.4) is 0 Å². The van der Waals surface area contributed by atoms with E-state index >= 15 is 0 Å². The molecule has 2 unspecified atom stereocenters. The lowest BCUT2D eigenvalue weighted by molar-refractivity contribution is -0.165. The van der Waals surface area contributed by atoms with Crippen LogP contribution in [-0.2, 0) is 23.8 Å². The Morgan fingerprint density at radius 3 is 2.25 bits per heavy atom. The van der Waals surface area contributed by atoms with Crippen molar-refractivity contribution in [3.63, 3.8) is 0 Å². The third-order valence-corrected chi connectivity index (χ3v) is 3.62. The molecular formula is C17H27NO6. The highest BCUT2D eigenvalue weighted by Crippen LogP contribution is 2.55. The van der Waals surface area contributed by atoms with Gasteiger partial charge in [0.15, 0.2) is 5.41 Å². The number of ether oxygens (including phenoxy) is 3. The molecule has 1 aliphatic carbocycles. The summed E-state index contributed by atoms with van der Waals surface area (Å²) in [5.74, 6) is -1.53. The fourth-order valence-electron chi connectivity index (χ4n) is 2.17. The molecule has 0 aromatic rings. The molecule has 0 bridgehead atoms. The molecule has 24 heavy (non-hydrogen) atoms. The first-order chi connectivity index (χ1) is 11.2. The van der Waals surface area contributed by atoms with Crippen LogP contribution in [-0.4, -0.2) is 44.4 Å². The van der Waals surface area contributed by atoms with Gasteiger partial charge in [0.25, 0.3) is 0 Å². The first-order valence-electron chi connectivity index (χ1n) is 8.05. The molecule has 1 aliphatic rings. The zero-order valence-electron chi connectivity index (χ0n) is 14.8. The maximum Gasteiger partial charge on any atom is 0.407 e. The number of hydrogen-bond donors (Lipinski definition) is 1. The van der Waals surface area contributed by atoms with Crippen molar-refractivity contribution in [2.24, 2.45) is 16.7 Å². The van der Waals surface area contributed by atoms with Gasteiger partial charge in [-0.15, -0.1) is 6.58 Å². The highest BCUT2D eigenvalue weighted by atomic mass is 16.6. The van der Waals surface area contributed by atoms with Crippen LogP contribution in [0.5, 0.6) is 0 Å². The first-order valence-corrected chi connectivity index (χ1v) is 8.05. The van der Waals surface area contributed by atoms with Gasteiger partial charge in [-0.25, -0.2) is 4.79 Å². The van der Waals surface area contributed by atoms with Crippen LogP contribution < -0.4 is 5.32 Å². The average molecular weight is 341 g/mol. The van der Waals surface area contributed by atoms with Gasteiger partial charge in [0.2, 0.25) is 0 Å². The number of alkyl carbamates (subject to hydrolysis) is 1. The monoisotopic (exact) mass is 341 g/mol. The second kappa shape index (κ2) is 8.17. The summed E-state index contributed by atoms with van der Waals surface area (Å²) in [7, 11) is 0. The molecule has 0 aliphatic heterocycles. The molecule has 136 valence electrons. The molecular weight excluding hydrogens is 314 g/mol. The molecule has 1 rings (SSSR count). The number of nitrogens with one attached hydrogen (secondary N) is 1. The fourth-order valence-corrected chi connectivity index (χ4v) is 2.17. The molecule has 7 nitrogen and oxygen atoms in total. The second-order valence-electron chi connectivity index (χ2n) is 6.92. The minimum atomic E-state index is -1.29. The zero-order valence-corrected chi connectivity index (χ0v) is 14.8. The first kappa shape index (κ1) is 20.0. The maximum absolute atomic E-state index is 12.2. The summed E-state index contributed by atoms with van der Waals surface area (Å²) in [4.78, 5) is 35.7. The summed E-state index contributed by atoms with van der Waals surface area (Å²) in [6.45, 7) is 11.7. The van der Waals surface area contributed by atoms with E-state index in [1.807, 2.05) is 20.8 Å². The van der Waals surface area contributed by atoms with Gasteiger partial charge < -0.3 is 19.5 Å². The molecule has 1 amide bonds. The Morgan fingerprint density at radius 1 is 1.17 bits per heavy atom. The van der Waals surface area contributed by atoms with Crippen LogP contribution in [0, 0.1) is 16.7 Å². The highest BCUT2D eigenvalue weighted by molar-refractivity contribution is 6.04. The van der Waals surface area contributed by atoms with Gasteiger partial charge in [-0.3, -0.25) is 9.59 Å². The number of hydrogen-bond acceptors (Lipinski definition) is 6. The van der Waals surface area contributed by atoms with Crippen LogP contribution in [0.2, 0.25) is 0 Å². The molecule has 0 radical (unpaired) electrons. The van der Waals surface area contributed by atoms with Gasteiger partial charge in [0.1, 0.15) is 13.2 Å². The smallest absolute Gasteiger partial charge is 0.407 e. The molecule has 0 aromatic heterocycles. The molecule has 1 N–H and O–H groups in total. The Kier molecular flexibility index (Phi) is 6.81. The van der Waals surface area contributed by atoms with Crippen LogP contribution in [0.25, 0.3) is 0 Å². The minimum absolute atomic E-state index is 0.0524. The Hall–Kier alpha value is -2.05. The lowest BCUT2D eigenvalue weighted by Crippen LogP contribution is -2.34. The molecule has 1 fully saturated rings. The van der Waals surface area contributed by atoms with Gasteiger partial charge in [-0.2, -0.15) is 0 Å². The number of rotatable bonds is 8. The number of carbonyl (C=O) groups excluding carboxylic acids is 3. The largest absolute Gasteiger partial charge is 0.465 e. The second-order valence-corrected chi connectivity index (χ2v) is 6.92. The summed E-state index contributed by atoms with van der Waals surface area (Å²) in [5.41, 5.74) is -1.34. The van der Waals surface area contributed by atoms with E-state index in [9.17, 15) is 14.4 Å². The van der Waals surface area contributed by atoms with Crippen LogP contribution in [0.15, 0.2) is 12.7 Å². The van der Waals surface area contributed by atoms with E-state index in [0.29, 0.717) is 13.0 Å². The Labute approximate surface area is 142 Å². The zero-order chi connectivity index (χ0) is 18.4. The lowest BCUT2D eigenvalue weighted by atomic mass is 9.97. The van der Waals surface area contributed by atoms with E-state index in [-0.39, 0.29) is 31.2 Å². The molecule has 7 heteroatoms. The summed E-state index contributed by atoms with van der Waals surface area (Å²) in [6.07, 6.45) is 1.31. The van der Waals surface area contributed by atoms with Gasteiger partial charge in [0.05, 0.1) is 6.61 Å². The third kappa shape index (κ3) is 5.25. The molecule has 2 atom stereocenters. The molecule has 1 saturated carbocycles. The quantitative estimate of drug-likeness (QED) is 0.239. The summed E-state index contributed by atoms with van der Waals surface area (Å²) in [5, 5.41) is 2.62. The van der Waals surface area contributed by atoms with Crippen molar-refractivity contribution in [1.82, 2.24) is 5.32 Å². The van der Waals surface area contributed by atoms with E-state index in [1.165, 1.54) is 0 Å². The van der Waals surface area contributed by atoms with Gasteiger partial charge in [-0.1, -0.05) is 26.8 Å². The molecule has 0 heterocycles. The van der Waals surface area contributed by atoms with Crippen molar-refractivity contribution < 1.29 is 28.6 Å². The summed E-state index contributed by atoms with van der Waals surface area (Å²) < 4.78 is 14.9. The SMILES string of the molecule is C=CC1CC1(C(=O)OCC)C(=O)OCCOC(=O)NCC(C)(C)C. The molecule has 0 saturated heterocycles. The lowest BCUT2D eigenvalue weighted by Gasteiger charge is -2.18. The standard InChI is InChI=1S/C17H27NO6/c1-6-12-10-17(12,13(19)22-7-2)14(20)23-8-9-24-15(21)18-11-16(3,4)5/h6,12H,1,7-11H2,2-5H3,(H,18,21). The normalized spacial score (nSPS) is 22.2. The van der Waals surface area contributed by atoms with E-state index in [4.69, 9.17) is 14.2 Å². The predicted molar refractivity (Wildman–Crippen MR) is 87.1 cm³/mol. The van der Waals surface area contributed by atoms with Crippen molar-refractivity contribution in [3.8, 4) is 0 Å². The highest BCUT2D eigenvalue weighted by Gasteiger charge is 2.67. The Morgan fingerprint density at radius 2 is 1.75 bits per heavy atom. The summed E-state index contributed by atoms with van der Waals surface area (Å²) in [6, 6.07) is 0. The number of amides is 1. The molecule has 0 aromatic carbocycles. The average Bonchev–Trinajstić information content (AvgIpc) is 3.25. The van der Waals surface area contributed by atoms with Crippen LogP contribution in [0.4, 0.5) is 4.79 Å². The van der Waals surface area contributed by atoms with Gasteiger partial charge >= 0.3 is 18.0 Å². The summed E-state index contributed by atoms with van der Waals surface area (Å²) >= 11 is 0. The van der Waals surface area contributed by atoms with E-state index in [2.05, 4.69) is 11.9 Å². The topological polar surface area (TPSA) is 90.9 Å². The minimum Gasteiger partial charge on any atom is -0.465 e. The van der Waals surface area contributed by atoms with Crippen LogP contribution in [0.1, 0.15) is 34.1 Å². The van der Waals surface area contributed by atoms with Gasteiger partial charge in [0, 0.05) is 12.5 Å². The van der Waals surface area contributed by atoms with Crippen molar-refractivity contribution in [2.75, 3.05) is 26.4 Å². The van der Waals surface area contributed by atoms with Crippen molar-refractivity contribution in [2.45, 2.75) is 34.1 Å². The number of carbonyl (C=O) groups is 3. The van der Waals surface area contributed by atoms with Crippen molar-refractivity contribution >= 4 is 18.0 Å². The van der Waals surface area contributed by atoms with Crippen molar-refractivity contribution in [1.29, 1.82) is 0 Å². The van der Waals surface area contributed by atoms with Crippen molar-refractivity contribution in [3.05, 3.63) is 12.7 Å². The number of allylic oxidation sites excluding steroid dienone is 1.